The van der Waals surface area contributed by atoms with Gasteiger partial charge in [-0.3, -0.25) is 9.59 Å². The standard InChI is InChI=1S/C26H30N4O2S/c1-6-18(3)33-19-11-12-21(17(2)15-19)28-25(32)14-13-24(31)20(16-27)26-29(4)22-9-7-8-10-23(22)30(26)5/h7-12,15,18H,6,13-14H2,1-5H3,(H,28,32). The molecule has 0 saturated heterocycles. The lowest BCUT2D eigenvalue weighted by molar-refractivity contribution is -0.120. The number of rotatable bonds is 8. The average Bonchev–Trinajstić information content (AvgIpc) is 3.05. The van der Waals surface area contributed by atoms with Crippen LogP contribution in [0.25, 0.3) is 0 Å². The number of benzene rings is 2. The van der Waals surface area contributed by atoms with Crippen molar-refractivity contribution >= 4 is 40.5 Å². The monoisotopic (exact) mass is 462 g/mol. The molecule has 1 atom stereocenters. The topological polar surface area (TPSA) is 76.4 Å². The van der Waals surface area contributed by atoms with Crippen LogP contribution in [0.5, 0.6) is 0 Å². The van der Waals surface area contributed by atoms with Gasteiger partial charge < -0.3 is 15.1 Å². The number of fused-ring (bicyclic) bond motifs is 1. The summed E-state index contributed by atoms with van der Waals surface area (Å²) < 4.78 is 0. The summed E-state index contributed by atoms with van der Waals surface area (Å²) in [6.07, 6.45) is 1.08. The molecule has 0 bridgehead atoms. The lowest BCUT2D eigenvalue weighted by Crippen LogP contribution is -2.26. The maximum absolute atomic E-state index is 12.9. The number of thioether (sulfide) groups is 1. The van der Waals surface area contributed by atoms with Crippen LogP contribution in [-0.4, -0.2) is 31.0 Å². The molecule has 7 heteroatoms. The van der Waals surface area contributed by atoms with E-state index in [1.54, 1.807) is 0 Å². The fourth-order valence-corrected chi connectivity index (χ4v) is 4.81. The second kappa shape index (κ2) is 10.6. The zero-order valence-electron chi connectivity index (χ0n) is 19.8. The van der Waals surface area contributed by atoms with Crippen LogP contribution < -0.4 is 15.1 Å². The van der Waals surface area contributed by atoms with Gasteiger partial charge in [0.2, 0.25) is 5.91 Å². The van der Waals surface area contributed by atoms with Gasteiger partial charge in [0, 0.05) is 42.8 Å². The lowest BCUT2D eigenvalue weighted by atomic mass is 10.1. The third kappa shape index (κ3) is 5.40. The Morgan fingerprint density at radius 1 is 1.09 bits per heavy atom. The molecule has 33 heavy (non-hydrogen) atoms. The van der Waals surface area contributed by atoms with E-state index in [1.165, 1.54) is 4.90 Å². The number of anilines is 3. The summed E-state index contributed by atoms with van der Waals surface area (Å²) in [6.45, 7) is 6.32. The number of nitriles is 1. The highest BCUT2D eigenvalue weighted by atomic mass is 32.2. The molecule has 3 rings (SSSR count). The molecule has 0 fully saturated rings. The van der Waals surface area contributed by atoms with Gasteiger partial charge in [-0.1, -0.05) is 26.0 Å². The second-order valence-corrected chi connectivity index (χ2v) is 9.71. The van der Waals surface area contributed by atoms with Crippen molar-refractivity contribution in [2.75, 3.05) is 29.2 Å². The van der Waals surface area contributed by atoms with Gasteiger partial charge in [0.15, 0.2) is 5.78 Å². The smallest absolute Gasteiger partial charge is 0.224 e. The van der Waals surface area contributed by atoms with E-state index >= 15 is 0 Å². The number of nitrogens with zero attached hydrogens (tertiary/aromatic N) is 3. The molecule has 1 amide bonds. The molecule has 0 radical (unpaired) electrons. The van der Waals surface area contributed by atoms with Crippen LogP contribution in [0.2, 0.25) is 0 Å². The van der Waals surface area contributed by atoms with Crippen LogP contribution in [-0.2, 0) is 9.59 Å². The van der Waals surface area contributed by atoms with Gasteiger partial charge in [-0.05, 0) is 49.2 Å². The zero-order chi connectivity index (χ0) is 24.1. The van der Waals surface area contributed by atoms with E-state index in [2.05, 4.69) is 31.3 Å². The van der Waals surface area contributed by atoms with Crippen molar-refractivity contribution in [1.82, 2.24) is 0 Å². The van der Waals surface area contributed by atoms with Gasteiger partial charge in [-0.25, -0.2) is 0 Å². The maximum Gasteiger partial charge on any atom is 0.224 e. The number of ketones is 1. The van der Waals surface area contributed by atoms with Crippen molar-refractivity contribution < 1.29 is 9.59 Å². The highest BCUT2D eigenvalue weighted by Crippen LogP contribution is 2.40. The van der Waals surface area contributed by atoms with Crippen molar-refractivity contribution in [3.8, 4) is 6.07 Å². The van der Waals surface area contributed by atoms with Gasteiger partial charge >= 0.3 is 0 Å². The number of Topliss-reactive ketones (excluding diaryl/α,β-unsaturated/α-hetero) is 1. The number of allylic oxidation sites excluding steroid dienone is 1. The van der Waals surface area contributed by atoms with Crippen LogP contribution in [0.4, 0.5) is 17.1 Å². The molecular weight excluding hydrogens is 432 g/mol. The number of amides is 1. The molecular formula is C26H30N4O2S. The molecule has 1 N–H and O–H groups in total. The fraction of sp³-hybridized carbons (Fsp3) is 0.346. The SMILES string of the molecule is CCC(C)Sc1ccc(NC(=O)CCC(=O)C(C#N)=C2N(C)c3ccccc3N2C)c(C)c1. The third-order valence-electron chi connectivity index (χ3n) is 5.82. The first-order valence-electron chi connectivity index (χ1n) is 11.1. The summed E-state index contributed by atoms with van der Waals surface area (Å²) in [7, 11) is 3.67. The Kier molecular flexibility index (Phi) is 7.83. The summed E-state index contributed by atoms with van der Waals surface area (Å²) in [6, 6.07) is 15.8. The van der Waals surface area contributed by atoms with Crippen LogP contribution in [0.15, 0.2) is 58.8 Å². The van der Waals surface area contributed by atoms with E-state index in [4.69, 9.17) is 0 Å². The Labute approximate surface area is 200 Å². The quantitative estimate of drug-likeness (QED) is 0.317. The minimum atomic E-state index is -0.342. The number of para-hydroxylation sites is 2. The second-order valence-electron chi connectivity index (χ2n) is 8.20. The van der Waals surface area contributed by atoms with E-state index in [9.17, 15) is 14.9 Å². The summed E-state index contributed by atoms with van der Waals surface area (Å²) in [5.41, 5.74) is 3.64. The van der Waals surface area contributed by atoms with E-state index in [0.717, 1.165) is 29.0 Å². The predicted octanol–water partition coefficient (Wildman–Crippen LogP) is 5.49. The Bertz CT molecular complexity index is 1100. The molecule has 1 aliphatic rings. The molecule has 0 aromatic heterocycles. The maximum atomic E-state index is 12.9. The van der Waals surface area contributed by atoms with Gasteiger partial charge in [0.1, 0.15) is 17.5 Å². The average molecular weight is 463 g/mol. The predicted molar refractivity (Wildman–Crippen MR) is 136 cm³/mol. The first kappa shape index (κ1) is 24.4. The highest BCUT2D eigenvalue weighted by molar-refractivity contribution is 7.99. The molecule has 1 heterocycles. The molecule has 172 valence electrons. The number of nitrogens with one attached hydrogen (secondary N) is 1. The summed E-state index contributed by atoms with van der Waals surface area (Å²) in [5, 5.41) is 13.2. The molecule has 2 aromatic carbocycles. The number of hydrogen-bond acceptors (Lipinski definition) is 6. The number of hydrogen-bond donors (Lipinski definition) is 1. The van der Waals surface area contributed by atoms with Gasteiger partial charge in [-0.15, -0.1) is 11.8 Å². The largest absolute Gasteiger partial charge is 0.328 e. The fourth-order valence-electron chi connectivity index (χ4n) is 3.79. The van der Waals surface area contributed by atoms with Gasteiger partial charge in [0.05, 0.1) is 11.4 Å². The van der Waals surface area contributed by atoms with E-state index in [1.807, 2.05) is 79.0 Å². The van der Waals surface area contributed by atoms with E-state index in [-0.39, 0.29) is 30.1 Å². The first-order valence-corrected chi connectivity index (χ1v) is 12.0. The zero-order valence-corrected chi connectivity index (χ0v) is 20.6. The van der Waals surface area contributed by atoms with Gasteiger partial charge in [-0.2, -0.15) is 5.26 Å². The Hall–Kier alpha value is -3.24. The number of aryl methyl sites for hydroxylation is 1. The van der Waals surface area contributed by atoms with Crippen LogP contribution in [0, 0.1) is 18.3 Å². The Balaban J connectivity index is 1.65. The molecule has 6 nitrogen and oxygen atoms in total. The number of carbonyl (C=O) groups excluding carboxylic acids is 2. The Morgan fingerprint density at radius 2 is 1.73 bits per heavy atom. The van der Waals surface area contributed by atoms with Crippen molar-refractivity contribution in [3.05, 3.63) is 59.4 Å². The van der Waals surface area contributed by atoms with Crippen molar-refractivity contribution in [2.45, 2.75) is 50.2 Å². The molecule has 2 aromatic rings. The summed E-state index contributed by atoms with van der Waals surface area (Å²) >= 11 is 1.81. The molecule has 1 aliphatic heterocycles. The van der Waals surface area contributed by atoms with Crippen LogP contribution in [0.3, 0.4) is 0 Å². The summed E-state index contributed by atoms with van der Waals surface area (Å²) in [5.74, 6) is -0.0481. The molecule has 0 saturated carbocycles. The number of carbonyl (C=O) groups is 2. The van der Waals surface area contributed by atoms with Crippen molar-refractivity contribution in [1.29, 1.82) is 5.26 Å². The van der Waals surface area contributed by atoms with Crippen LogP contribution >= 0.6 is 11.8 Å². The van der Waals surface area contributed by atoms with Gasteiger partial charge in [0.25, 0.3) is 0 Å². The molecule has 0 aliphatic carbocycles. The minimum Gasteiger partial charge on any atom is -0.328 e. The van der Waals surface area contributed by atoms with Crippen molar-refractivity contribution in [3.63, 3.8) is 0 Å². The molecule has 1 unspecified atom stereocenters. The minimum absolute atomic E-state index is 0.0144. The van der Waals surface area contributed by atoms with Crippen molar-refractivity contribution in [2.24, 2.45) is 0 Å². The first-order chi connectivity index (χ1) is 15.8. The normalized spacial score (nSPS) is 13.4. The van der Waals surface area contributed by atoms with E-state index in [0.29, 0.717) is 11.1 Å². The third-order valence-corrected chi connectivity index (χ3v) is 7.08. The molecule has 0 spiro atoms. The van der Waals surface area contributed by atoms with E-state index < -0.39 is 0 Å². The summed E-state index contributed by atoms with van der Waals surface area (Å²) in [4.78, 5) is 30.3. The van der Waals surface area contributed by atoms with Crippen LogP contribution in [0.1, 0.15) is 38.7 Å². The lowest BCUT2D eigenvalue weighted by Gasteiger charge is -2.20. The Morgan fingerprint density at radius 3 is 2.27 bits per heavy atom. The highest BCUT2D eigenvalue weighted by Gasteiger charge is 2.31.